The molecule has 1 aromatic rings. The third kappa shape index (κ3) is 3.22. The van der Waals surface area contributed by atoms with E-state index >= 15 is 0 Å². The Bertz CT molecular complexity index is 567. The van der Waals surface area contributed by atoms with Gasteiger partial charge in [0, 0.05) is 19.1 Å². The Morgan fingerprint density at radius 1 is 1.20 bits per heavy atom. The molecule has 0 heterocycles. The van der Waals surface area contributed by atoms with Gasteiger partial charge in [0.2, 0.25) is 10.0 Å². The van der Waals surface area contributed by atoms with E-state index in [1.165, 1.54) is 0 Å². The average Bonchev–Trinajstić information content (AvgIpc) is 2.38. The van der Waals surface area contributed by atoms with Crippen LogP contribution in [0.5, 0.6) is 0 Å². The molecule has 0 fully saturated rings. The van der Waals surface area contributed by atoms with Crippen LogP contribution >= 0.6 is 0 Å². The minimum Gasteiger partial charge on any atom is -0.326 e. The van der Waals surface area contributed by atoms with Crippen LogP contribution in [0.2, 0.25) is 0 Å². The molecule has 0 aliphatic rings. The van der Waals surface area contributed by atoms with E-state index in [-0.39, 0.29) is 6.04 Å². The van der Waals surface area contributed by atoms with Gasteiger partial charge in [0.1, 0.15) is 0 Å². The van der Waals surface area contributed by atoms with Crippen molar-refractivity contribution in [2.75, 3.05) is 6.54 Å². The van der Waals surface area contributed by atoms with Gasteiger partial charge >= 0.3 is 0 Å². The van der Waals surface area contributed by atoms with Gasteiger partial charge in [-0.2, -0.15) is 4.31 Å². The SMILES string of the molecule is CCC(C)N(CC)S(=O)(=O)c1cc(CN)c(C)cc1C. The lowest BCUT2D eigenvalue weighted by Crippen LogP contribution is -2.38. The zero-order valence-electron chi connectivity index (χ0n) is 13.1. The highest BCUT2D eigenvalue weighted by atomic mass is 32.2. The molecule has 0 radical (unpaired) electrons. The number of rotatable bonds is 6. The number of benzene rings is 1. The van der Waals surface area contributed by atoms with Crippen LogP contribution in [0.3, 0.4) is 0 Å². The van der Waals surface area contributed by atoms with Gasteiger partial charge in [-0.05, 0) is 49.9 Å². The maximum atomic E-state index is 12.8. The van der Waals surface area contributed by atoms with Crippen molar-refractivity contribution in [2.24, 2.45) is 5.73 Å². The lowest BCUT2D eigenvalue weighted by Gasteiger charge is -2.27. The predicted octanol–water partition coefficient (Wildman–Crippen LogP) is 2.57. The monoisotopic (exact) mass is 298 g/mol. The highest BCUT2D eigenvalue weighted by molar-refractivity contribution is 7.89. The Balaban J connectivity index is 3.41. The maximum Gasteiger partial charge on any atom is 0.243 e. The van der Waals surface area contributed by atoms with Crippen molar-refractivity contribution in [1.29, 1.82) is 0 Å². The first kappa shape index (κ1) is 17.1. The van der Waals surface area contributed by atoms with E-state index in [2.05, 4.69) is 0 Å². The molecule has 1 atom stereocenters. The van der Waals surface area contributed by atoms with Crippen molar-refractivity contribution >= 4 is 10.0 Å². The van der Waals surface area contributed by atoms with Crippen LogP contribution in [0.4, 0.5) is 0 Å². The normalized spacial score (nSPS) is 13.8. The van der Waals surface area contributed by atoms with Gasteiger partial charge in [-0.15, -0.1) is 0 Å². The summed E-state index contributed by atoms with van der Waals surface area (Å²) in [6.45, 7) is 10.4. The first-order valence-corrected chi connectivity index (χ1v) is 8.55. The topological polar surface area (TPSA) is 63.4 Å². The van der Waals surface area contributed by atoms with Gasteiger partial charge in [-0.3, -0.25) is 0 Å². The van der Waals surface area contributed by atoms with Crippen LogP contribution in [-0.2, 0) is 16.6 Å². The maximum absolute atomic E-state index is 12.8. The molecule has 2 N–H and O–H groups in total. The van der Waals surface area contributed by atoms with Crippen molar-refractivity contribution in [3.8, 4) is 0 Å². The summed E-state index contributed by atoms with van der Waals surface area (Å²) in [7, 11) is -3.46. The molecular formula is C15H26N2O2S. The highest BCUT2D eigenvalue weighted by Crippen LogP contribution is 2.25. The third-order valence-corrected chi connectivity index (χ3v) is 6.07. The van der Waals surface area contributed by atoms with E-state index < -0.39 is 10.0 Å². The lowest BCUT2D eigenvalue weighted by atomic mass is 10.1. The molecule has 1 unspecified atom stereocenters. The van der Waals surface area contributed by atoms with Crippen LogP contribution in [0.25, 0.3) is 0 Å². The lowest BCUT2D eigenvalue weighted by molar-refractivity contribution is 0.342. The van der Waals surface area contributed by atoms with Gasteiger partial charge in [0.05, 0.1) is 4.90 Å². The largest absolute Gasteiger partial charge is 0.326 e. The summed E-state index contributed by atoms with van der Waals surface area (Å²) in [4.78, 5) is 0.380. The van der Waals surface area contributed by atoms with E-state index in [0.29, 0.717) is 18.0 Å². The predicted molar refractivity (Wildman–Crippen MR) is 83.1 cm³/mol. The smallest absolute Gasteiger partial charge is 0.243 e. The quantitative estimate of drug-likeness (QED) is 0.878. The number of nitrogens with two attached hydrogens (primary N) is 1. The molecule has 20 heavy (non-hydrogen) atoms. The number of hydrogen-bond acceptors (Lipinski definition) is 3. The van der Waals surface area contributed by atoms with Gasteiger partial charge in [0.25, 0.3) is 0 Å². The number of sulfonamides is 1. The van der Waals surface area contributed by atoms with Crippen LogP contribution in [0.15, 0.2) is 17.0 Å². The summed E-state index contributed by atoms with van der Waals surface area (Å²) in [6, 6.07) is 3.62. The second-order valence-corrected chi connectivity index (χ2v) is 7.07. The van der Waals surface area contributed by atoms with Gasteiger partial charge in [-0.1, -0.05) is 19.9 Å². The fourth-order valence-electron chi connectivity index (χ4n) is 2.42. The van der Waals surface area contributed by atoms with E-state index in [9.17, 15) is 8.42 Å². The van der Waals surface area contributed by atoms with Gasteiger partial charge < -0.3 is 5.73 Å². The number of aryl methyl sites for hydroxylation is 2. The fraction of sp³-hybridized carbons (Fsp3) is 0.600. The molecule has 0 bridgehead atoms. The standard InChI is InChI=1S/C15H26N2O2S/c1-6-13(5)17(7-2)20(18,19)15-9-14(10-16)11(3)8-12(15)4/h8-9,13H,6-7,10,16H2,1-5H3. The summed E-state index contributed by atoms with van der Waals surface area (Å²) in [6.07, 6.45) is 0.793. The molecule has 0 spiro atoms. The van der Waals surface area contributed by atoms with Crippen molar-refractivity contribution in [3.63, 3.8) is 0 Å². The summed E-state index contributed by atoms with van der Waals surface area (Å²) in [5, 5.41) is 0. The summed E-state index contributed by atoms with van der Waals surface area (Å²) in [5.74, 6) is 0. The van der Waals surface area contributed by atoms with E-state index in [4.69, 9.17) is 5.73 Å². The average molecular weight is 298 g/mol. The van der Waals surface area contributed by atoms with Gasteiger partial charge in [0.15, 0.2) is 0 Å². The minimum absolute atomic E-state index is 0.00738. The molecule has 114 valence electrons. The molecule has 0 amide bonds. The summed E-state index contributed by atoms with van der Waals surface area (Å²) >= 11 is 0. The second-order valence-electron chi connectivity index (χ2n) is 5.21. The molecule has 0 saturated carbocycles. The Hall–Kier alpha value is -0.910. The first-order valence-electron chi connectivity index (χ1n) is 7.11. The van der Waals surface area contributed by atoms with E-state index in [0.717, 1.165) is 23.1 Å². The molecule has 1 aromatic carbocycles. The Labute approximate surface area is 123 Å². The van der Waals surface area contributed by atoms with Crippen LogP contribution < -0.4 is 5.73 Å². The van der Waals surface area contributed by atoms with E-state index in [1.807, 2.05) is 40.7 Å². The van der Waals surface area contributed by atoms with Crippen molar-refractivity contribution < 1.29 is 8.42 Å². The second kappa shape index (κ2) is 6.70. The van der Waals surface area contributed by atoms with Crippen LogP contribution in [0, 0.1) is 13.8 Å². The molecule has 0 aliphatic carbocycles. The summed E-state index contributed by atoms with van der Waals surface area (Å²) < 4.78 is 27.3. The molecule has 0 aromatic heterocycles. The zero-order chi connectivity index (χ0) is 15.5. The summed E-state index contributed by atoms with van der Waals surface area (Å²) in [5.41, 5.74) is 8.40. The van der Waals surface area contributed by atoms with E-state index in [1.54, 1.807) is 10.4 Å². The molecular weight excluding hydrogens is 272 g/mol. The van der Waals surface area contributed by atoms with Gasteiger partial charge in [-0.25, -0.2) is 8.42 Å². The van der Waals surface area contributed by atoms with Crippen LogP contribution in [-0.4, -0.2) is 25.3 Å². The zero-order valence-corrected chi connectivity index (χ0v) is 13.9. The Morgan fingerprint density at radius 2 is 1.80 bits per heavy atom. The molecule has 4 nitrogen and oxygen atoms in total. The fourth-order valence-corrected chi connectivity index (χ4v) is 4.39. The molecule has 0 saturated heterocycles. The number of nitrogens with zero attached hydrogens (tertiary/aromatic N) is 1. The van der Waals surface area contributed by atoms with Crippen molar-refractivity contribution in [3.05, 3.63) is 28.8 Å². The van der Waals surface area contributed by atoms with Crippen molar-refractivity contribution in [1.82, 2.24) is 4.31 Å². The van der Waals surface area contributed by atoms with Crippen molar-refractivity contribution in [2.45, 2.75) is 58.5 Å². The minimum atomic E-state index is -3.46. The Kier molecular flexibility index (Phi) is 5.74. The third-order valence-electron chi connectivity index (χ3n) is 3.83. The molecule has 1 rings (SSSR count). The Morgan fingerprint density at radius 3 is 2.25 bits per heavy atom. The number of hydrogen-bond donors (Lipinski definition) is 1. The first-order chi connectivity index (χ1) is 9.29. The van der Waals surface area contributed by atoms with Crippen LogP contribution in [0.1, 0.15) is 43.9 Å². The highest BCUT2D eigenvalue weighted by Gasteiger charge is 2.28. The molecule has 5 heteroatoms. The molecule has 0 aliphatic heterocycles.